The summed E-state index contributed by atoms with van der Waals surface area (Å²) in [4.78, 5) is 13.7. The number of amides is 1. The summed E-state index contributed by atoms with van der Waals surface area (Å²) < 4.78 is 18.3. The van der Waals surface area contributed by atoms with Crippen LogP contribution < -0.4 is 0 Å². The van der Waals surface area contributed by atoms with E-state index in [9.17, 15) is 9.18 Å². The Morgan fingerprint density at radius 3 is 2.48 bits per heavy atom. The fourth-order valence-corrected chi connectivity index (χ4v) is 1.97. The van der Waals surface area contributed by atoms with E-state index >= 15 is 0 Å². The van der Waals surface area contributed by atoms with E-state index in [1.807, 2.05) is 26.0 Å². The minimum atomic E-state index is -0.284. The summed E-state index contributed by atoms with van der Waals surface area (Å²) in [5.41, 5.74) is 0.884. The van der Waals surface area contributed by atoms with Crippen molar-refractivity contribution < 1.29 is 13.6 Å². The van der Waals surface area contributed by atoms with Crippen molar-refractivity contribution in [3.8, 4) is 0 Å². The molecule has 0 spiro atoms. The lowest BCUT2D eigenvalue weighted by Gasteiger charge is -2.24. The number of likely N-dealkylation sites (N-methyl/N-ethyl adjacent to an activating group) is 1. The number of hydrogen-bond acceptors (Lipinski definition) is 2. The third kappa shape index (κ3) is 3.81. The van der Waals surface area contributed by atoms with E-state index in [1.165, 1.54) is 18.2 Å². The van der Waals surface area contributed by atoms with E-state index in [4.69, 9.17) is 4.42 Å². The van der Waals surface area contributed by atoms with Gasteiger partial charge in [0.15, 0.2) is 0 Å². The third-order valence-corrected chi connectivity index (χ3v) is 3.43. The van der Waals surface area contributed by atoms with Crippen molar-refractivity contribution in [2.45, 2.75) is 19.9 Å². The van der Waals surface area contributed by atoms with Crippen LogP contribution in [0.4, 0.5) is 4.39 Å². The molecule has 0 aliphatic rings. The zero-order valence-electron chi connectivity index (χ0n) is 12.3. The van der Waals surface area contributed by atoms with Gasteiger partial charge in [-0.15, -0.1) is 0 Å². The van der Waals surface area contributed by atoms with E-state index in [2.05, 4.69) is 0 Å². The number of halogens is 1. The topological polar surface area (TPSA) is 33.5 Å². The van der Waals surface area contributed by atoms with Gasteiger partial charge in [0.05, 0.1) is 6.04 Å². The molecule has 0 N–H and O–H groups in total. The van der Waals surface area contributed by atoms with E-state index in [0.717, 1.165) is 11.3 Å². The van der Waals surface area contributed by atoms with Crippen molar-refractivity contribution >= 4 is 12.0 Å². The summed E-state index contributed by atoms with van der Waals surface area (Å²) >= 11 is 0. The molecule has 0 aliphatic carbocycles. The summed E-state index contributed by atoms with van der Waals surface area (Å²) in [5.74, 6) is 1.02. The van der Waals surface area contributed by atoms with E-state index in [0.29, 0.717) is 5.76 Å². The third-order valence-electron chi connectivity index (χ3n) is 3.43. The average molecular weight is 287 g/mol. The Balaban J connectivity index is 2.04. The molecule has 0 bridgehead atoms. The Kier molecular flexibility index (Phi) is 4.58. The van der Waals surface area contributed by atoms with Gasteiger partial charge in [-0.2, -0.15) is 0 Å². The van der Waals surface area contributed by atoms with Crippen molar-refractivity contribution in [3.05, 3.63) is 65.4 Å². The highest BCUT2D eigenvalue weighted by Gasteiger charge is 2.15. The number of hydrogen-bond donors (Lipinski definition) is 0. The van der Waals surface area contributed by atoms with E-state index < -0.39 is 0 Å². The number of carbonyl (C=O) groups excluding carboxylic acids is 1. The van der Waals surface area contributed by atoms with Crippen LogP contribution in [-0.4, -0.2) is 17.9 Å². The lowest BCUT2D eigenvalue weighted by molar-refractivity contribution is -0.126. The first-order valence-corrected chi connectivity index (χ1v) is 6.74. The fraction of sp³-hybridized carbons (Fsp3) is 0.235. The molecule has 110 valence electrons. The molecule has 1 aromatic heterocycles. The second-order valence-electron chi connectivity index (χ2n) is 4.96. The van der Waals surface area contributed by atoms with Crippen molar-refractivity contribution in [2.75, 3.05) is 7.05 Å². The first-order valence-electron chi connectivity index (χ1n) is 6.74. The van der Waals surface area contributed by atoms with Gasteiger partial charge in [-0.25, -0.2) is 4.39 Å². The normalized spacial score (nSPS) is 12.6. The molecule has 1 heterocycles. The maximum atomic E-state index is 12.9. The molecule has 1 unspecified atom stereocenters. The van der Waals surface area contributed by atoms with Crippen LogP contribution in [0.5, 0.6) is 0 Å². The Morgan fingerprint density at radius 1 is 1.24 bits per heavy atom. The van der Waals surface area contributed by atoms with Crippen LogP contribution in [0.1, 0.15) is 30.0 Å². The van der Waals surface area contributed by atoms with Gasteiger partial charge in [0.2, 0.25) is 5.91 Å². The Labute approximate surface area is 123 Å². The smallest absolute Gasteiger partial charge is 0.246 e. The highest BCUT2D eigenvalue weighted by molar-refractivity contribution is 5.91. The molecule has 1 aromatic carbocycles. The molecule has 3 nitrogen and oxygen atoms in total. The molecule has 2 rings (SSSR count). The maximum absolute atomic E-state index is 12.9. The van der Waals surface area contributed by atoms with Crippen LogP contribution in [0.3, 0.4) is 0 Å². The minimum Gasteiger partial charge on any atom is -0.462 e. The molecule has 0 radical (unpaired) electrons. The summed E-state index contributed by atoms with van der Waals surface area (Å²) in [6.07, 6.45) is 3.11. The summed E-state index contributed by atoms with van der Waals surface area (Å²) in [6, 6.07) is 9.67. The van der Waals surface area contributed by atoms with Crippen LogP contribution in [0.15, 0.2) is 46.9 Å². The summed E-state index contributed by atoms with van der Waals surface area (Å²) in [6.45, 7) is 3.75. The second kappa shape index (κ2) is 6.39. The number of aryl methyl sites for hydroxylation is 1. The van der Waals surface area contributed by atoms with Crippen LogP contribution in [0.2, 0.25) is 0 Å². The van der Waals surface area contributed by atoms with Crippen LogP contribution in [-0.2, 0) is 4.79 Å². The van der Waals surface area contributed by atoms with Crippen LogP contribution >= 0.6 is 0 Å². The van der Waals surface area contributed by atoms with Crippen LogP contribution in [0, 0.1) is 12.7 Å². The number of rotatable bonds is 4. The first kappa shape index (κ1) is 15.0. The first-order chi connectivity index (χ1) is 9.97. The molecule has 0 saturated carbocycles. The zero-order valence-corrected chi connectivity index (χ0v) is 12.3. The van der Waals surface area contributed by atoms with Gasteiger partial charge in [0.25, 0.3) is 0 Å². The van der Waals surface area contributed by atoms with Gasteiger partial charge in [0.1, 0.15) is 17.3 Å². The molecule has 21 heavy (non-hydrogen) atoms. The molecule has 0 aliphatic heterocycles. The monoisotopic (exact) mass is 287 g/mol. The molecule has 4 heteroatoms. The molecular formula is C17H18FNO2. The summed E-state index contributed by atoms with van der Waals surface area (Å²) in [7, 11) is 1.72. The predicted octanol–water partition coefficient (Wildman–Crippen LogP) is 3.96. The second-order valence-corrected chi connectivity index (χ2v) is 4.96. The van der Waals surface area contributed by atoms with Gasteiger partial charge in [-0.3, -0.25) is 4.79 Å². The lowest BCUT2D eigenvalue weighted by atomic mass is 10.1. The van der Waals surface area contributed by atoms with Crippen molar-refractivity contribution in [1.29, 1.82) is 0 Å². The Hall–Kier alpha value is -2.36. The highest BCUT2D eigenvalue weighted by Crippen LogP contribution is 2.19. The standard InChI is InChI=1S/C17H18FNO2/c1-12-4-9-16(21-12)10-11-17(20)19(3)13(2)14-5-7-15(18)8-6-14/h4-11,13H,1-3H3/b11-10+. The van der Waals surface area contributed by atoms with Gasteiger partial charge < -0.3 is 9.32 Å². The average Bonchev–Trinajstić information content (AvgIpc) is 2.89. The van der Waals surface area contributed by atoms with E-state index in [-0.39, 0.29) is 17.8 Å². The fourth-order valence-electron chi connectivity index (χ4n) is 1.97. The van der Waals surface area contributed by atoms with Crippen LogP contribution in [0.25, 0.3) is 6.08 Å². The Bertz CT molecular complexity index is 643. The van der Waals surface area contributed by atoms with E-state index in [1.54, 1.807) is 30.2 Å². The predicted molar refractivity (Wildman–Crippen MR) is 80.1 cm³/mol. The molecule has 0 saturated heterocycles. The van der Waals surface area contributed by atoms with Gasteiger partial charge in [-0.1, -0.05) is 12.1 Å². The van der Waals surface area contributed by atoms with Gasteiger partial charge in [-0.05, 0) is 49.8 Å². The number of nitrogens with zero attached hydrogens (tertiary/aromatic N) is 1. The minimum absolute atomic E-state index is 0.138. The number of benzene rings is 1. The quantitative estimate of drug-likeness (QED) is 0.797. The van der Waals surface area contributed by atoms with Crippen molar-refractivity contribution in [1.82, 2.24) is 4.90 Å². The molecule has 1 amide bonds. The van der Waals surface area contributed by atoms with Crippen molar-refractivity contribution in [3.63, 3.8) is 0 Å². The lowest BCUT2D eigenvalue weighted by Crippen LogP contribution is -2.27. The zero-order chi connectivity index (χ0) is 15.4. The van der Waals surface area contributed by atoms with Crippen molar-refractivity contribution in [2.24, 2.45) is 0 Å². The largest absolute Gasteiger partial charge is 0.462 e. The summed E-state index contributed by atoms with van der Waals surface area (Å²) in [5, 5.41) is 0. The number of carbonyl (C=O) groups is 1. The molecule has 0 fully saturated rings. The number of furan rings is 1. The maximum Gasteiger partial charge on any atom is 0.246 e. The SMILES string of the molecule is Cc1ccc(/C=C/C(=O)N(C)C(C)c2ccc(F)cc2)o1. The van der Waals surface area contributed by atoms with Gasteiger partial charge >= 0.3 is 0 Å². The molecule has 2 aromatic rings. The highest BCUT2D eigenvalue weighted by atomic mass is 19.1. The molecular weight excluding hydrogens is 269 g/mol. The Morgan fingerprint density at radius 2 is 1.90 bits per heavy atom. The molecule has 1 atom stereocenters. The van der Waals surface area contributed by atoms with Gasteiger partial charge in [0, 0.05) is 13.1 Å².